The first-order valence-corrected chi connectivity index (χ1v) is 13.1. The summed E-state index contributed by atoms with van der Waals surface area (Å²) in [7, 11) is 3.21. The third-order valence-corrected chi connectivity index (χ3v) is 8.16. The van der Waals surface area contributed by atoms with Crippen molar-refractivity contribution in [2.45, 2.75) is 31.0 Å². The number of carbonyl (C=O) groups excluding carboxylic acids is 2. The average molecular weight is 543 g/mol. The fraction of sp³-hybridized carbons (Fsp3) is 0.321. The van der Waals surface area contributed by atoms with Crippen LogP contribution in [0.5, 0.6) is 11.5 Å². The van der Waals surface area contributed by atoms with Crippen LogP contribution in [0.25, 0.3) is 10.8 Å². The zero-order valence-corrected chi connectivity index (χ0v) is 22.3. The van der Waals surface area contributed by atoms with Crippen LogP contribution in [0, 0.1) is 11.3 Å². The summed E-state index contributed by atoms with van der Waals surface area (Å²) < 4.78 is 10.7. The second kappa shape index (κ2) is 9.71. The molecule has 3 fully saturated rings. The van der Waals surface area contributed by atoms with Gasteiger partial charge in [-0.3, -0.25) is 4.79 Å². The zero-order chi connectivity index (χ0) is 27.3. The number of thiocarbonyl (C=S) groups is 1. The summed E-state index contributed by atoms with van der Waals surface area (Å²) >= 11 is 5.72. The number of nitriles is 1. The fourth-order valence-corrected chi connectivity index (χ4v) is 6.32. The number of rotatable bonds is 6. The van der Waals surface area contributed by atoms with Crippen LogP contribution in [-0.2, 0) is 11.2 Å². The number of nitrogens with one attached hydrogen (secondary N) is 1. The highest BCUT2D eigenvalue weighted by Crippen LogP contribution is 2.43. The Morgan fingerprint density at radius 3 is 2.67 bits per heavy atom. The fourth-order valence-electron chi connectivity index (χ4n) is 6.01. The quantitative estimate of drug-likeness (QED) is 0.371. The molecule has 3 aliphatic heterocycles. The number of pyridine rings is 1. The molecule has 11 heteroatoms. The SMILES string of the molecule is COc1ccc(CCNC(=S)N2C[C@@H]3C[C@H]2[C@H]2C(=O)N(c4cnc(C#N)c5ccccc45)C(=O)N32)cc1OC. The van der Waals surface area contributed by atoms with Crippen molar-refractivity contribution < 1.29 is 19.1 Å². The Morgan fingerprint density at radius 1 is 1.15 bits per heavy atom. The maximum atomic E-state index is 13.7. The Labute approximate surface area is 230 Å². The maximum Gasteiger partial charge on any atom is 0.332 e. The number of imide groups is 1. The molecule has 39 heavy (non-hydrogen) atoms. The molecule has 10 nitrogen and oxygen atoms in total. The van der Waals surface area contributed by atoms with E-state index in [1.807, 2.05) is 29.2 Å². The molecule has 0 unspecified atom stereocenters. The molecule has 3 atom stereocenters. The molecule has 1 aromatic heterocycles. The number of benzene rings is 2. The van der Waals surface area contributed by atoms with E-state index in [0.29, 0.717) is 52.6 Å². The van der Waals surface area contributed by atoms with Crippen LogP contribution < -0.4 is 19.7 Å². The van der Waals surface area contributed by atoms with Crippen molar-refractivity contribution in [2.24, 2.45) is 0 Å². The number of urea groups is 1. The highest BCUT2D eigenvalue weighted by molar-refractivity contribution is 7.80. The topological polar surface area (TPSA) is 111 Å². The summed E-state index contributed by atoms with van der Waals surface area (Å²) in [5, 5.41) is 14.6. The second-order valence-electron chi connectivity index (χ2n) is 9.74. The molecule has 2 bridgehead atoms. The molecule has 3 aliphatic rings. The first-order chi connectivity index (χ1) is 19.0. The smallest absolute Gasteiger partial charge is 0.332 e. The highest BCUT2D eigenvalue weighted by atomic mass is 32.1. The number of fused-ring (bicyclic) bond motifs is 6. The lowest BCUT2D eigenvalue weighted by Crippen LogP contribution is -2.57. The standard InChI is InChI=1S/C28H26N6O4S/c1-37-23-8-7-16(11-24(23)38-2)9-10-30-27(39)32-15-17-12-21(32)25-26(35)34(28(36)33(17)25)22-14-31-20(13-29)18-5-3-4-6-19(18)22/h3-8,11,14,17,21,25H,9-10,12,15H2,1-2H3,(H,30,39)/t17-,21-,25-/m0/s1. The number of aromatic nitrogens is 1. The molecule has 0 spiro atoms. The lowest BCUT2D eigenvalue weighted by molar-refractivity contribution is -0.120. The van der Waals surface area contributed by atoms with Crippen molar-refractivity contribution in [1.29, 1.82) is 5.26 Å². The van der Waals surface area contributed by atoms with Gasteiger partial charge >= 0.3 is 6.03 Å². The third kappa shape index (κ3) is 3.90. The molecule has 1 N–H and O–H groups in total. The Kier molecular flexibility index (Phi) is 6.19. The molecule has 0 saturated carbocycles. The van der Waals surface area contributed by atoms with Gasteiger partial charge < -0.3 is 24.6 Å². The number of carbonyl (C=O) groups is 2. The van der Waals surface area contributed by atoms with Gasteiger partial charge in [-0.15, -0.1) is 0 Å². The number of anilines is 1. The average Bonchev–Trinajstić information content (AvgIpc) is 3.63. The number of amides is 3. The molecule has 2 aromatic carbocycles. The van der Waals surface area contributed by atoms with Crippen LogP contribution in [0.3, 0.4) is 0 Å². The van der Waals surface area contributed by atoms with E-state index < -0.39 is 6.04 Å². The van der Waals surface area contributed by atoms with E-state index in [1.54, 1.807) is 37.3 Å². The Balaban J connectivity index is 1.17. The second-order valence-corrected chi connectivity index (χ2v) is 10.1. The Morgan fingerprint density at radius 2 is 1.92 bits per heavy atom. The highest BCUT2D eigenvalue weighted by Gasteiger charge is 2.62. The van der Waals surface area contributed by atoms with Crippen molar-refractivity contribution in [3.63, 3.8) is 0 Å². The van der Waals surface area contributed by atoms with Gasteiger partial charge in [0.15, 0.2) is 16.6 Å². The van der Waals surface area contributed by atoms with E-state index in [2.05, 4.69) is 16.4 Å². The predicted molar refractivity (Wildman–Crippen MR) is 148 cm³/mol. The van der Waals surface area contributed by atoms with Crippen molar-refractivity contribution in [3.8, 4) is 17.6 Å². The number of piperazine rings is 1. The van der Waals surface area contributed by atoms with Crippen molar-refractivity contribution >= 4 is 45.7 Å². The van der Waals surface area contributed by atoms with E-state index in [1.165, 1.54) is 11.1 Å². The summed E-state index contributed by atoms with van der Waals surface area (Å²) in [6.07, 6.45) is 2.86. The summed E-state index contributed by atoms with van der Waals surface area (Å²) in [5.74, 6) is 1.06. The van der Waals surface area contributed by atoms with Gasteiger partial charge in [0, 0.05) is 23.9 Å². The van der Waals surface area contributed by atoms with Gasteiger partial charge in [-0.05, 0) is 42.8 Å². The summed E-state index contributed by atoms with van der Waals surface area (Å²) in [6.45, 7) is 1.18. The number of hydrogen-bond donors (Lipinski definition) is 1. The van der Waals surface area contributed by atoms with Gasteiger partial charge in [0.25, 0.3) is 5.91 Å². The largest absolute Gasteiger partial charge is 0.493 e. The maximum absolute atomic E-state index is 13.7. The van der Waals surface area contributed by atoms with E-state index in [0.717, 1.165) is 12.0 Å². The molecule has 3 saturated heterocycles. The summed E-state index contributed by atoms with van der Waals surface area (Å²) in [4.78, 5) is 36.5. The molecule has 0 aliphatic carbocycles. The first kappa shape index (κ1) is 24.9. The van der Waals surface area contributed by atoms with Gasteiger partial charge in [0.05, 0.1) is 38.2 Å². The molecule has 3 amide bonds. The van der Waals surface area contributed by atoms with E-state index in [4.69, 9.17) is 21.7 Å². The Bertz CT molecular complexity index is 1550. The summed E-state index contributed by atoms with van der Waals surface area (Å²) in [6, 6.07) is 13.8. The number of likely N-dealkylation sites (tertiary alicyclic amines) is 1. The van der Waals surface area contributed by atoms with Crippen LogP contribution >= 0.6 is 12.2 Å². The first-order valence-electron chi connectivity index (χ1n) is 12.7. The van der Waals surface area contributed by atoms with Crippen molar-refractivity contribution in [3.05, 3.63) is 59.9 Å². The van der Waals surface area contributed by atoms with Crippen LogP contribution in [0.4, 0.5) is 10.5 Å². The van der Waals surface area contributed by atoms with E-state index in [9.17, 15) is 14.9 Å². The molecular weight excluding hydrogens is 516 g/mol. The van der Waals surface area contributed by atoms with Gasteiger partial charge in [-0.1, -0.05) is 30.3 Å². The van der Waals surface area contributed by atoms with Gasteiger partial charge in [0.2, 0.25) is 0 Å². The number of nitrogens with zero attached hydrogens (tertiary/aromatic N) is 5. The zero-order valence-electron chi connectivity index (χ0n) is 21.5. The summed E-state index contributed by atoms with van der Waals surface area (Å²) in [5.41, 5.74) is 1.73. The van der Waals surface area contributed by atoms with Crippen LogP contribution in [0.2, 0.25) is 0 Å². The number of hydrogen-bond acceptors (Lipinski definition) is 7. The molecule has 198 valence electrons. The lowest BCUT2D eigenvalue weighted by atomic mass is 10.1. The minimum absolute atomic E-state index is 0.107. The minimum atomic E-state index is -0.615. The number of methoxy groups -OCH3 is 2. The van der Waals surface area contributed by atoms with Crippen LogP contribution in [0.15, 0.2) is 48.7 Å². The molecule has 3 aromatic rings. The van der Waals surface area contributed by atoms with Gasteiger partial charge in [0.1, 0.15) is 17.8 Å². The molecule has 0 radical (unpaired) electrons. The number of ether oxygens (including phenoxy) is 2. The van der Waals surface area contributed by atoms with Gasteiger partial charge in [-0.2, -0.15) is 5.26 Å². The Hall–Kier alpha value is -4.43. The van der Waals surface area contributed by atoms with Gasteiger partial charge in [-0.25, -0.2) is 14.7 Å². The lowest BCUT2D eigenvalue weighted by Gasteiger charge is -2.36. The van der Waals surface area contributed by atoms with E-state index >= 15 is 0 Å². The molecule has 4 heterocycles. The van der Waals surface area contributed by atoms with E-state index in [-0.39, 0.29) is 29.7 Å². The van der Waals surface area contributed by atoms with Crippen molar-refractivity contribution in [2.75, 3.05) is 32.2 Å². The predicted octanol–water partition coefficient (Wildman–Crippen LogP) is 2.83. The van der Waals surface area contributed by atoms with Crippen LogP contribution in [0.1, 0.15) is 17.7 Å². The normalized spacial score (nSPS) is 21.4. The molecular formula is C28H26N6O4S. The third-order valence-electron chi connectivity index (χ3n) is 7.78. The molecule has 6 rings (SSSR count). The van der Waals surface area contributed by atoms with Crippen molar-refractivity contribution in [1.82, 2.24) is 20.1 Å². The monoisotopic (exact) mass is 542 g/mol. The van der Waals surface area contributed by atoms with Crippen LogP contribution in [-0.4, -0.2) is 77.3 Å². The minimum Gasteiger partial charge on any atom is -0.493 e.